The van der Waals surface area contributed by atoms with Crippen molar-refractivity contribution >= 4 is 51.2 Å². The number of nitrogens with zero attached hydrogens (tertiary/aromatic N) is 6. The lowest BCUT2D eigenvalue weighted by Gasteiger charge is -2.13. The molecule has 1 amide bonds. The molecular formula is C23H19N7OS2. The van der Waals surface area contributed by atoms with Gasteiger partial charge in [-0.15, -0.1) is 10.2 Å². The normalized spacial score (nSPS) is 15.2. The number of nitrogens with one attached hydrogen (secondary N) is 1. The predicted molar refractivity (Wildman–Crippen MR) is 132 cm³/mol. The number of amides is 1. The number of aryl methyl sites for hydroxylation is 1. The molecule has 0 bridgehead atoms. The van der Waals surface area contributed by atoms with Crippen LogP contribution in [0.4, 0.5) is 0 Å². The molecule has 1 aliphatic rings. The second-order valence-electron chi connectivity index (χ2n) is 7.48. The SMILES string of the molecule is O=C1/C(=C/c2cccc(-c3cnc4ccccc4c3)n2)SC(=S)N1CCCCc1nn[nH]n1. The van der Waals surface area contributed by atoms with Gasteiger partial charge in [-0.1, -0.05) is 53.5 Å². The molecule has 33 heavy (non-hydrogen) atoms. The molecule has 1 aliphatic heterocycles. The lowest BCUT2D eigenvalue weighted by Crippen LogP contribution is -2.29. The highest BCUT2D eigenvalue weighted by Crippen LogP contribution is 2.33. The molecule has 164 valence electrons. The lowest BCUT2D eigenvalue weighted by atomic mass is 10.1. The second kappa shape index (κ2) is 9.55. The van der Waals surface area contributed by atoms with Gasteiger partial charge in [0, 0.05) is 30.1 Å². The monoisotopic (exact) mass is 473 g/mol. The number of fused-ring (bicyclic) bond motifs is 1. The summed E-state index contributed by atoms with van der Waals surface area (Å²) in [7, 11) is 0. The number of H-pyrrole nitrogens is 1. The quantitative estimate of drug-likeness (QED) is 0.244. The summed E-state index contributed by atoms with van der Waals surface area (Å²) in [6.07, 6.45) is 5.98. The molecule has 0 unspecified atom stereocenters. The van der Waals surface area contributed by atoms with E-state index in [2.05, 4.69) is 31.7 Å². The zero-order valence-electron chi connectivity index (χ0n) is 17.5. The van der Waals surface area contributed by atoms with Crippen molar-refractivity contribution in [3.05, 3.63) is 71.2 Å². The minimum atomic E-state index is -0.0795. The molecule has 8 nitrogen and oxygen atoms in total. The van der Waals surface area contributed by atoms with Gasteiger partial charge in [0.1, 0.15) is 4.32 Å². The molecule has 0 radical (unpaired) electrons. The van der Waals surface area contributed by atoms with Crippen molar-refractivity contribution in [1.29, 1.82) is 0 Å². The average Bonchev–Trinajstić information content (AvgIpc) is 3.45. The fourth-order valence-corrected chi connectivity index (χ4v) is 4.87. The summed E-state index contributed by atoms with van der Waals surface area (Å²) >= 11 is 6.76. The Morgan fingerprint density at radius 1 is 1.12 bits per heavy atom. The number of thiocarbonyl (C=S) groups is 1. The fraction of sp³-hybridized carbons (Fsp3) is 0.174. The summed E-state index contributed by atoms with van der Waals surface area (Å²) < 4.78 is 0.570. The molecule has 4 aromatic rings. The molecule has 0 aliphatic carbocycles. The van der Waals surface area contributed by atoms with Crippen molar-refractivity contribution in [1.82, 2.24) is 35.5 Å². The van der Waals surface area contributed by atoms with Gasteiger partial charge in [-0.05, 0) is 43.2 Å². The van der Waals surface area contributed by atoms with Gasteiger partial charge in [-0.2, -0.15) is 5.21 Å². The third kappa shape index (κ3) is 4.81. The highest BCUT2D eigenvalue weighted by Gasteiger charge is 2.31. The smallest absolute Gasteiger partial charge is 0.266 e. The summed E-state index contributed by atoms with van der Waals surface area (Å²) in [5.74, 6) is 0.594. The molecule has 4 heterocycles. The number of pyridine rings is 2. The molecule has 1 fully saturated rings. The van der Waals surface area contributed by atoms with Crippen LogP contribution < -0.4 is 0 Å². The molecule has 3 aromatic heterocycles. The van der Waals surface area contributed by atoms with Crippen molar-refractivity contribution < 1.29 is 4.79 Å². The molecule has 1 N–H and O–H groups in total. The van der Waals surface area contributed by atoms with Crippen LogP contribution in [0.2, 0.25) is 0 Å². The number of rotatable bonds is 7. The Balaban J connectivity index is 1.28. The highest BCUT2D eigenvalue weighted by atomic mass is 32.2. The number of para-hydroxylation sites is 1. The maximum atomic E-state index is 12.9. The van der Waals surface area contributed by atoms with Gasteiger partial charge in [0.15, 0.2) is 5.82 Å². The lowest BCUT2D eigenvalue weighted by molar-refractivity contribution is -0.122. The first-order chi connectivity index (χ1) is 16.2. The first-order valence-corrected chi connectivity index (χ1v) is 11.7. The summed E-state index contributed by atoms with van der Waals surface area (Å²) in [6.45, 7) is 0.566. The maximum Gasteiger partial charge on any atom is 0.266 e. The van der Waals surface area contributed by atoms with Crippen molar-refractivity contribution in [2.45, 2.75) is 19.3 Å². The first-order valence-electron chi connectivity index (χ1n) is 10.5. The van der Waals surface area contributed by atoms with E-state index in [0.717, 1.165) is 35.0 Å². The van der Waals surface area contributed by atoms with Crippen molar-refractivity contribution in [3.8, 4) is 11.3 Å². The Kier molecular flexibility index (Phi) is 6.18. The summed E-state index contributed by atoms with van der Waals surface area (Å²) in [4.78, 5) is 24.4. The third-order valence-corrected chi connectivity index (χ3v) is 6.61. The van der Waals surface area contributed by atoms with Crippen LogP contribution in [0, 0.1) is 0 Å². The van der Waals surface area contributed by atoms with Gasteiger partial charge in [-0.25, -0.2) is 4.98 Å². The zero-order chi connectivity index (χ0) is 22.6. The minimum absolute atomic E-state index is 0.0795. The van der Waals surface area contributed by atoms with E-state index >= 15 is 0 Å². The zero-order valence-corrected chi connectivity index (χ0v) is 19.1. The van der Waals surface area contributed by atoms with E-state index in [4.69, 9.17) is 17.2 Å². The van der Waals surface area contributed by atoms with Crippen LogP contribution in [-0.4, -0.2) is 52.3 Å². The summed E-state index contributed by atoms with van der Waals surface area (Å²) in [5, 5.41) is 14.9. The molecule has 5 rings (SSSR count). The van der Waals surface area contributed by atoms with Crippen LogP contribution in [0.5, 0.6) is 0 Å². The van der Waals surface area contributed by atoms with E-state index in [-0.39, 0.29) is 5.91 Å². The fourth-order valence-electron chi connectivity index (χ4n) is 3.57. The molecule has 10 heteroatoms. The van der Waals surface area contributed by atoms with Gasteiger partial charge in [0.05, 0.1) is 21.8 Å². The number of hydrogen-bond acceptors (Lipinski definition) is 8. The molecule has 1 saturated heterocycles. The Bertz CT molecular complexity index is 1350. The van der Waals surface area contributed by atoms with Crippen LogP contribution in [0.1, 0.15) is 24.4 Å². The number of carbonyl (C=O) groups is 1. The van der Waals surface area contributed by atoms with E-state index in [9.17, 15) is 4.79 Å². The Labute approximate surface area is 199 Å². The number of hydrogen-bond donors (Lipinski definition) is 1. The van der Waals surface area contributed by atoms with Gasteiger partial charge in [-0.3, -0.25) is 14.7 Å². The predicted octanol–water partition coefficient (Wildman–Crippen LogP) is 4.03. The van der Waals surface area contributed by atoms with E-state index in [1.165, 1.54) is 11.8 Å². The Morgan fingerprint density at radius 2 is 2.03 bits per heavy atom. The average molecular weight is 474 g/mol. The maximum absolute atomic E-state index is 12.9. The van der Waals surface area contributed by atoms with Gasteiger partial charge >= 0.3 is 0 Å². The second-order valence-corrected chi connectivity index (χ2v) is 9.16. The van der Waals surface area contributed by atoms with Gasteiger partial charge in [0.25, 0.3) is 5.91 Å². The summed E-state index contributed by atoms with van der Waals surface area (Å²) in [5.41, 5.74) is 3.38. The minimum Gasteiger partial charge on any atom is -0.293 e. The Hall–Kier alpha value is -3.50. The molecular weight excluding hydrogens is 454 g/mol. The number of aromatic nitrogens is 6. The largest absolute Gasteiger partial charge is 0.293 e. The number of carbonyl (C=O) groups excluding carboxylic acids is 1. The number of benzene rings is 1. The Morgan fingerprint density at radius 3 is 2.91 bits per heavy atom. The number of aromatic amines is 1. The topological polar surface area (TPSA) is 101 Å². The molecule has 0 saturated carbocycles. The van der Waals surface area contributed by atoms with Gasteiger partial charge < -0.3 is 0 Å². The molecule has 0 atom stereocenters. The van der Waals surface area contributed by atoms with E-state index in [1.54, 1.807) is 11.0 Å². The van der Waals surface area contributed by atoms with E-state index in [0.29, 0.717) is 33.7 Å². The van der Waals surface area contributed by atoms with E-state index < -0.39 is 0 Å². The van der Waals surface area contributed by atoms with Crippen LogP contribution in [0.3, 0.4) is 0 Å². The van der Waals surface area contributed by atoms with E-state index in [1.807, 2.05) is 48.7 Å². The number of thioether (sulfide) groups is 1. The van der Waals surface area contributed by atoms with Crippen LogP contribution in [0.15, 0.2) is 59.6 Å². The summed E-state index contributed by atoms with van der Waals surface area (Å²) in [6, 6.07) is 15.8. The van der Waals surface area contributed by atoms with Crippen LogP contribution in [0.25, 0.3) is 28.2 Å². The number of unbranched alkanes of at least 4 members (excludes halogenated alkanes) is 1. The van der Waals surface area contributed by atoms with Crippen molar-refractivity contribution in [3.63, 3.8) is 0 Å². The van der Waals surface area contributed by atoms with Gasteiger partial charge in [0.2, 0.25) is 0 Å². The van der Waals surface area contributed by atoms with Crippen molar-refractivity contribution in [2.24, 2.45) is 0 Å². The highest BCUT2D eigenvalue weighted by molar-refractivity contribution is 8.26. The standard InChI is InChI=1S/C23H19N7OS2/c31-22-20(33-23(32)30(22)11-4-3-10-21-26-28-29-27-21)13-17-7-5-9-19(25-17)16-12-15-6-1-2-8-18(15)24-14-16/h1-2,5-9,12-14H,3-4,10-11H2,(H,26,27,28,29)/b20-13-. The third-order valence-electron chi connectivity index (χ3n) is 5.23. The van der Waals surface area contributed by atoms with Crippen LogP contribution >= 0.6 is 24.0 Å². The van der Waals surface area contributed by atoms with Crippen molar-refractivity contribution in [2.75, 3.05) is 6.54 Å². The van der Waals surface area contributed by atoms with Crippen LogP contribution in [-0.2, 0) is 11.2 Å². The number of tetrazole rings is 1. The first kappa shape index (κ1) is 21.4. The molecule has 0 spiro atoms. The molecule has 1 aromatic carbocycles.